The Hall–Kier alpha value is -1.92. The monoisotopic (exact) mass is 349 g/mol. The molecule has 1 aliphatic carbocycles. The lowest BCUT2D eigenvalue weighted by Crippen LogP contribution is -2.18. The molecule has 0 fully saturated rings. The molecule has 100 valence electrons. The van der Waals surface area contributed by atoms with E-state index in [-0.39, 0.29) is 16.5 Å². The lowest BCUT2D eigenvalue weighted by Gasteiger charge is -2.05. The van der Waals surface area contributed by atoms with Crippen LogP contribution in [0.5, 0.6) is 5.88 Å². The van der Waals surface area contributed by atoms with Crippen LogP contribution >= 0.6 is 27.3 Å². The molecule has 0 bridgehead atoms. The molecule has 0 spiro atoms. The Kier molecular flexibility index (Phi) is 3.19. The van der Waals surface area contributed by atoms with Gasteiger partial charge in [0.1, 0.15) is 0 Å². The van der Waals surface area contributed by atoms with Crippen LogP contribution in [0, 0.1) is 0 Å². The van der Waals surface area contributed by atoms with Crippen LogP contribution in [-0.2, 0) is 4.79 Å². The van der Waals surface area contributed by atoms with Gasteiger partial charge in [-0.2, -0.15) is 0 Å². The molecule has 1 aromatic carbocycles. The van der Waals surface area contributed by atoms with Crippen molar-refractivity contribution in [1.82, 2.24) is 4.98 Å². The summed E-state index contributed by atoms with van der Waals surface area (Å²) in [6.45, 7) is 0. The number of aromatic hydroxyl groups is 1. The third-order valence-electron chi connectivity index (χ3n) is 2.90. The molecule has 2 N–H and O–H groups in total. The zero-order valence-corrected chi connectivity index (χ0v) is 12.4. The van der Waals surface area contributed by atoms with Crippen molar-refractivity contribution in [3.05, 3.63) is 53.2 Å². The van der Waals surface area contributed by atoms with Gasteiger partial charge in [0.2, 0.25) is 5.88 Å². The minimum absolute atomic E-state index is 0.0392. The second-order valence-corrected chi connectivity index (χ2v) is 6.03. The number of aromatic amines is 1. The number of aromatic nitrogens is 1. The fourth-order valence-corrected chi connectivity index (χ4v) is 3.26. The summed E-state index contributed by atoms with van der Waals surface area (Å²) in [6, 6.07) is 3.66. The molecule has 0 radical (unpaired) electrons. The van der Waals surface area contributed by atoms with Crippen LogP contribution in [0.1, 0.15) is 10.4 Å². The Labute approximate surface area is 125 Å². The van der Waals surface area contributed by atoms with Gasteiger partial charge in [0, 0.05) is 4.47 Å². The van der Waals surface area contributed by atoms with Crippen LogP contribution < -0.4 is 15.3 Å². The highest BCUT2D eigenvalue weighted by Crippen LogP contribution is 2.18. The number of H-pyrrole nitrogens is 1. The van der Waals surface area contributed by atoms with Crippen molar-refractivity contribution >= 4 is 51.3 Å². The van der Waals surface area contributed by atoms with Gasteiger partial charge in [0.25, 0.3) is 0 Å². The van der Waals surface area contributed by atoms with Crippen molar-refractivity contribution in [2.45, 2.75) is 0 Å². The van der Waals surface area contributed by atoms with Crippen LogP contribution in [0.25, 0.3) is 18.2 Å². The number of nitrogens with one attached hydrogen (secondary N) is 1. The van der Waals surface area contributed by atoms with Crippen LogP contribution in [0.2, 0.25) is 0 Å². The molecule has 1 aliphatic rings. The molecule has 0 amide bonds. The fourth-order valence-electron chi connectivity index (χ4n) is 1.97. The van der Waals surface area contributed by atoms with Crippen LogP contribution in [0.15, 0.2) is 27.5 Å². The number of benzene rings is 1. The molecule has 1 heterocycles. The van der Waals surface area contributed by atoms with Gasteiger partial charge in [0.15, 0.2) is 5.78 Å². The standard InChI is InChI=1S/C14H8BrNO3S/c15-12-8(6-11-13(18)16-14(19)20-11)2-1-7-5-9(17)3-4-10(7)12/h1-6,18H,(H,16,19). The van der Waals surface area contributed by atoms with Crippen molar-refractivity contribution < 1.29 is 9.90 Å². The largest absolute Gasteiger partial charge is 0.493 e. The van der Waals surface area contributed by atoms with Crippen molar-refractivity contribution in [2.75, 3.05) is 0 Å². The highest BCUT2D eigenvalue weighted by molar-refractivity contribution is 9.10. The summed E-state index contributed by atoms with van der Waals surface area (Å²) in [5.74, 6) is -0.176. The lowest BCUT2D eigenvalue weighted by molar-refractivity contribution is -0.109. The van der Waals surface area contributed by atoms with Gasteiger partial charge in [0.05, 0.1) is 4.88 Å². The van der Waals surface area contributed by atoms with Crippen molar-refractivity contribution in [3.63, 3.8) is 0 Å². The summed E-state index contributed by atoms with van der Waals surface area (Å²) in [4.78, 5) is 25.0. The maximum Gasteiger partial charge on any atom is 0.307 e. The van der Waals surface area contributed by atoms with Crippen LogP contribution in [-0.4, -0.2) is 15.9 Å². The molecular formula is C14H8BrNO3S. The Morgan fingerprint density at radius 2 is 2.05 bits per heavy atom. The number of halogens is 1. The number of rotatable bonds is 1. The first-order valence-electron chi connectivity index (χ1n) is 5.71. The van der Waals surface area contributed by atoms with E-state index < -0.39 is 0 Å². The molecule has 6 heteroatoms. The number of hydrogen-bond acceptors (Lipinski definition) is 4. The summed E-state index contributed by atoms with van der Waals surface area (Å²) < 4.78 is 0.815. The van der Waals surface area contributed by atoms with E-state index in [1.54, 1.807) is 18.2 Å². The van der Waals surface area contributed by atoms with Gasteiger partial charge in [-0.3, -0.25) is 14.6 Å². The van der Waals surface area contributed by atoms with E-state index >= 15 is 0 Å². The van der Waals surface area contributed by atoms with Gasteiger partial charge < -0.3 is 5.11 Å². The maximum atomic E-state index is 11.3. The average molecular weight is 350 g/mol. The maximum absolute atomic E-state index is 11.3. The Morgan fingerprint density at radius 1 is 1.25 bits per heavy atom. The van der Waals surface area contributed by atoms with E-state index in [2.05, 4.69) is 20.9 Å². The highest BCUT2D eigenvalue weighted by atomic mass is 79.9. The summed E-state index contributed by atoms with van der Waals surface area (Å²) in [5.41, 5.74) is 0.903. The Bertz CT molecular complexity index is 921. The van der Waals surface area contributed by atoms with Crippen molar-refractivity contribution in [1.29, 1.82) is 0 Å². The minimum atomic E-state index is -0.304. The topological polar surface area (TPSA) is 70.2 Å². The second kappa shape index (κ2) is 4.88. The van der Waals surface area contributed by atoms with Gasteiger partial charge in [-0.15, -0.1) is 0 Å². The van der Waals surface area contributed by atoms with Gasteiger partial charge in [-0.25, -0.2) is 0 Å². The van der Waals surface area contributed by atoms with Crippen LogP contribution in [0.4, 0.5) is 0 Å². The van der Waals surface area contributed by atoms with Crippen molar-refractivity contribution in [3.8, 4) is 5.88 Å². The zero-order chi connectivity index (χ0) is 14.3. The second-order valence-electron chi connectivity index (χ2n) is 4.22. The fraction of sp³-hybridized carbons (Fsp3) is 0. The molecule has 0 atom stereocenters. The predicted molar refractivity (Wildman–Crippen MR) is 82.1 cm³/mol. The number of carbonyl (C=O) groups excluding carboxylic acids is 1. The van der Waals surface area contributed by atoms with E-state index in [9.17, 15) is 14.7 Å². The van der Waals surface area contributed by atoms with E-state index in [0.717, 1.165) is 31.8 Å². The number of hydrogen-bond donors (Lipinski definition) is 2. The van der Waals surface area contributed by atoms with E-state index in [4.69, 9.17) is 0 Å². The lowest BCUT2D eigenvalue weighted by atomic mass is 10.0. The summed E-state index contributed by atoms with van der Waals surface area (Å²) in [6.07, 6.45) is 6.53. The third kappa shape index (κ3) is 2.28. The van der Waals surface area contributed by atoms with E-state index in [1.807, 2.05) is 12.1 Å². The van der Waals surface area contributed by atoms with Crippen LogP contribution in [0.3, 0.4) is 0 Å². The molecule has 0 aliphatic heterocycles. The normalized spacial score (nSPS) is 14.2. The number of carbonyl (C=O) groups is 1. The predicted octanol–water partition coefficient (Wildman–Crippen LogP) is 1.11. The third-order valence-corrected chi connectivity index (χ3v) is 4.60. The molecule has 1 aromatic heterocycles. The summed E-state index contributed by atoms with van der Waals surface area (Å²) in [7, 11) is 0. The van der Waals surface area contributed by atoms with Gasteiger partial charge in [-0.1, -0.05) is 23.5 Å². The summed E-state index contributed by atoms with van der Waals surface area (Å²) in [5, 5.41) is 11.3. The number of ketones is 1. The Balaban J connectivity index is 2.25. The number of fused-ring (bicyclic) bond motifs is 1. The van der Waals surface area contributed by atoms with E-state index in [0.29, 0.717) is 4.88 Å². The highest BCUT2D eigenvalue weighted by Gasteiger charge is 2.08. The summed E-state index contributed by atoms with van der Waals surface area (Å²) >= 11 is 4.43. The first kappa shape index (κ1) is 13.1. The minimum Gasteiger partial charge on any atom is -0.493 e. The molecule has 3 rings (SSSR count). The Morgan fingerprint density at radius 3 is 2.75 bits per heavy atom. The molecule has 0 unspecified atom stereocenters. The SMILES string of the molecule is O=C1C=Cc2c(Br)c(=Cc3sc(=O)[nH]c3O)ccc2=C1. The first-order chi connectivity index (χ1) is 9.54. The molecule has 20 heavy (non-hydrogen) atoms. The van der Waals surface area contributed by atoms with E-state index in [1.165, 1.54) is 6.08 Å². The molecule has 2 aromatic rings. The molecule has 0 saturated carbocycles. The van der Waals surface area contributed by atoms with Gasteiger partial charge in [-0.05, 0) is 56.2 Å². The quantitative estimate of drug-likeness (QED) is 0.810. The first-order valence-corrected chi connectivity index (χ1v) is 7.31. The smallest absolute Gasteiger partial charge is 0.307 e. The van der Waals surface area contributed by atoms with Crippen molar-refractivity contribution in [2.24, 2.45) is 0 Å². The molecule has 0 saturated heterocycles. The zero-order valence-electron chi connectivity index (χ0n) is 10.0. The molecule has 4 nitrogen and oxygen atoms in total. The average Bonchev–Trinajstić information content (AvgIpc) is 2.71. The van der Waals surface area contributed by atoms with Gasteiger partial charge >= 0.3 is 4.87 Å². The molecular weight excluding hydrogens is 342 g/mol. The number of thiazole rings is 1. The number of allylic oxidation sites excluding steroid dienone is 1.